The van der Waals surface area contributed by atoms with E-state index in [1.54, 1.807) is 4.90 Å². The lowest BCUT2D eigenvalue weighted by molar-refractivity contribution is -0.128. The second-order valence-electron chi connectivity index (χ2n) is 6.67. The van der Waals surface area contributed by atoms with E-state index in [4.69, 9.17) is 11.6 Å². The van der Waals surface area contributed by atoms with E-state index >= 15 is 0 Å². The van der Waals surface area contributed by atoms with Gasteiger partial charge in [-0.05, 0) is 54.8 Å². The van der Waals surface area contributed by atoms with E-state index in [1.807, 2.05) is 50.2 Å². The van der Waals surface area contributed by atoms with Crippen LogP contribution in [0.3, 0.4) is 0 Å². The average molecular weight is 357 g/mol. The van der Waals surface area contributed by atoms with Crippen molar-refractivity contribution in [2.45, 2.75) is 26.8 Å². The number of halogens is 1. The van der Waals surface area contributed by atoms with Crippen molar-refractivity contribution in [3.05, 3.63) is 64.2 Å². The predicted molar refractivity (Wildman–Crippen MR) is 99.5 cm³/mol. The molecule has 5 heteroatoms. The number of anilines is 1. The molecule has 1 fully saturated rings. The molecule has 0 spiro atoms. The molecule has 2 amide bonds. The van der Waals surface area contributed by atoms with Crippen molar-refractivity contribution >= 4 is 29.1 Å². The van der Waals surface area contributed by atoms with Crippen molar-refractivity contribution in [3.8, 4) is 0 Å². The van der Waals surface area contributed by atoms with Crippen molar-refractivity contribution in [2.75, 3.05) is 11.9 Å². The highest BCUT2D eigenvalue weighted by molar-refractivity contribution is 6.30. The van der Waals surface area contributed by atoms with Gasteiger partial charge in [0, 0.05) is 30.2 Å². The van der Waals surface area contributed by atoms with Gasteiger partial charge in [0.05, 0.1) is 5.92 Å². The largest absolute Gasteiger partial charge is 0.338 e. The molecule has 3 rings (SSSR count). The molecule has 1 atom stereocenters. The first-order chi connectivity index (χ1) is 11.9. The topological polar surface area (TPSA) is 49.4 Å². The maximum absolute atomic E-state index is 12.5. The van der Waals surface area contributed by atoms with E-state index in [9.17, 15) is 9.59 Å². The standard InChI is InChI=1S/C20H21ClN2O2/c1-13-7-14(2)9-18(8-13)22-20(25)16-10-19(24)23(12-16)11-15-3-5-17(21)6-4-15/h3-9,16H,10-12H2,1-2H3,(H,22,25). The van der Waals surface area contributed by atoms with Gasteiger partial charge in [-0.2, -0.15) is 0 Å². The van der Waals surface area contributed by atoms with E-state index in [1.165, 1.54) is 0 Å². The highest BCUT2D eigenvalue weighted by Crippen LogP contribution is 2.23. The number of aryl methyl sites for hydroxylation is 2. The fourth-order valence-electron chi connectivity index (χ4n) is 3.20. The van der Waals surface area contributed by atoms with Gasteiger partial charge in [-0.15, -0.1) is 0 Å². The zero-order valence-corrected chi connectivity index (χ0v) is 15.1. The molecular formula is C20H21ClN2O2. The lowest BCUT2D eigenvalue weighted by atomic mass is 10.1. The average Bonchev–Trinajstić information content (AvgIpc) is 2.90. The molecule has 1 unspecified atom stereocenters. The molecular weight excluding hydrogens is 336 g/mol. The van der Waals surface area contributed by atoms with Crippen LogP contribution in [0.1, 0.15) is 23.1 Å². The number of carbonyl (C=O) groups excluding carboxylic acids is 2. The minimum atomic E-state index is -0.319. The maximum Gasteiger partial charge on any atom is 0.229 e. The molecule has 25 heavy (non-hydrogen) atoms. The monoisotopic (exact) mass is 356 g/mol. The van der Waals surface area contributed by atoms with Crippen molar-refractivity contribution in [2.24, 2.45) is 5.92 Å². The van der Waals surface area contributed by atoms with Crippen molar-refractivity contribution < 1.29 is 9.59 Å². The minimum absolute atomic E-state index is 0.00974. The first-order valence-electron chi connectivity index (χ1n) is 8.32. The summed E-state index contributed by atoms with van der Waals surface area (Å²) < 4.78 is 0. The first kappa shape index (κ1) is 17.5. The van der Waals surface area contributed by atoms with Crippen LogP contribution in [0.25, 0.3) is 0 Å². The summed E-state index contributed by atoms with van der Waals surface area (Å²) in [4.78, 5) is 26.5. The maximum atomic E-state index is 12.5. The van der Waals surface area contributed by atoms with Gasteiger partial charge in [0.25, 0.3) is 0 Å². The molecule has 130 valence electrons. The summed E-state index contributed by atoms with van der Waals surface area (Å²) in [6.07, 6.45) is 0.254. The van der Waals surface area contributed by atoms with E-state index in [0.717, 1.165) is 22.4 Å². The van der Waals surface area contributed by atoms with Crippen LogP contribution in [0.2, 0.25) is 5.02 Å². The summed E-state index contributed by atoms with van der Waals surface area (Å²) in [5, 5.41) is 3.61. The Morgan fingerprint density at radius 1 is 1.16 bits per heavy atom. The summed E-state index contributed by atoms with van der Waals surface area (Å²) in [7, 11) is 0. The van der Waals surface area contributed by atoms with Crippen LogP contribution in [-0.2, 0) is 16.1 Å². The molecule has 2 aromatic rings. The molecule has 4 nitrogen and oxygen atoms in total. The van der Waals surface area contributed by atoms with Crippen LogP contribution >= 0.6 is 11.6 Å². The van der Waals surface area contributed by atoms with Crippen LogP contribution in [0.4, 0.5) is 5.69 Å². The van der Waals surface area contributed by atoms with Gasteiger partial charge in [0.15, 0.2) is 0 Å². The Kier molecular flexibility index (Phi) is 5.09. The molecule has 0 bridgehead atoms. The highest BCUT2D eigenvalue weighted by Gasteiger charge is 2.34. The second-order valence-corrected chi connectivity index (χ2v) is 7.10. The van der Waals surface area contributed by atoms with E-state index in [0.29, 0.717) is 18.1 Å². The third-order valence-corrected chi connectivity index (χ3v) is 4.61. The zero-order chi connectivity index (χ0) is 18.0. The van der Waals surface area contributed by atoms with Crippen LogP contribution < -0.4 is 5.32 Å². The summed E-state index contributed by atoms with van der Waals surface area (Å²) >= 11 is 5.89. The van der Waals surface area contributed by atoms with Gasteiger partial charge in [-0.1, -0.05) is 29.8 Å². The molecule has 0 radical (unpaired) electrons. The molecule has 1 saturated heterocycles. The van der Waals surface area contributed by atoms with Gasteiger partial charge < -0.3 is 10.2 Å². The molecule has 0 saturated carbocycles. The minimum Gasteiger partial charge on any atom is -0.338 e. The number of nitrogens with zero attached hydrogens (tertiary/aromatic N) is 1. The molecule has 1 N–H and O–H groups in total. The van der Waals surface area contributed by atoms with Gasteiger partial charge in [-0.25, -0.2) is 0 Å². The molecule has 1 aliphatic heterocycles. The number of nitrogens with one attached hydrogen (secondary N) is 1. The summed E-state index contributed by atoms with van der Waals surface area (Å²) in [6.45, 7) is 4.94. The van der Waals surface area contributed by atoms with Crippen LogP contribution in [0, 0.1) is 19.8 Å². The van der Waals surface area contributed by atoms with Crippen molar-refractivity contribution in [1.82, 2.24) is 4.90 Å². The number of benzene rings is 2. The Hall–Kier alpha value is -2.33. The van der Waals surface area contributed by atoms with Gasteiger partial charge in [-0.3, -0.25) is 9.59 Å². The molecule has 1 aliphatic rings. The zero-order valence-electron chi connectivity index (χ0n) is 14.4. The van der Waals surface area contributed by atoms with E-state index < -0.39 is 0 Å². The normalized spacial score (nSPS) is 17.0. The highest BCUT2D eigenvalue weighted by atomic mass is 35.5. The number of hydrogen-bond donors (Lipinski definition) is 1. The summed E-state index contributed by atoms with van der Waals surface area (Å²) in [5.41, 5.74) is 3.99. The van der Waals surface area contributed by atoms with Crippen LogP contribution in [-0.4, -0.2) is 23.3 Å². The molecule has 2 aromatic carbocycles. The van der Waals surface area contributed by atoms with Crippen molar-refractivity contribution in [3.63, 3.8) is 0 Å². The Bertz CT molecular complexity index is 782. The fourth-order valence-corrected chi connectivity index (χ4v) is 3.33. The summed E-state index contributed by atoms with van der Waals surface area (Å²) in [6, 6.07) is 13.4. The van der Waals surface area contributed by atoms with E-state index in [-0.39, 0.29) is 24.2 Å². The quantitative estimate of drug-likeness (QED) is 0.901. The third-order valence-electron chi connectivity index (χ3n) is 4.36. The SMILES string of the molecule is Cc1cc(C)cc(NC(=O)C2CC(=O)N(Cc3ccc(Cl)cc3)C2)c1. The number of amides is 2. The summed E-state index contributed by atoms with van der Waals surface area (Å²) in [5.74, 6) is -0.409. The lowest BCUT2D eigenvalue weighted by Crippen LogP contribution is -2.28. The number of rotatable bonds is 4. The number of likely N-dealkylation sites (tertiary alicyclic amines) is 1. The first-order valence-corrected chi connectivity index (χ1v) is 8.70. The van der Waals surface area contributed by atoms with Gasteiger partial charge >= 0.3 is 0 Å². The smallest absolute Gasteiger partial charge is 0.229 e. The van der Waals surface area contributed by atoms with Crippen LogP contribution in [0.5, 0.6) is 0 Å². The molecule has 0 aromatic heterocycles. The Morgan fingerprint density at radius 3 is 2.44 bits per heavy atom. The predicted octanol–water partition coefficient (Wildman–Crippen LogP) is 3.94. The Labute approximate surface area is 152 Å². The number of hydrogen-bond acceptors (Lipinski definition) is 2. The molecule has 0 aliphatic carbocycles. The van der Waals surface area contributed by atoms with E-state index in [2.05, 4.69) is 11.4 Å². The Balaban J connectivity index is 1.63. The van der Waals surface area contributed by atoms with Crippen LogP contribution in [0.15, 0.2) is 42.5 Å². The van der Waals surface area contributed by atoms with Gasteiger partial charge in [0.1, 0.15) is 0 Å². The molecule has 1 heterocycles. The third kappa shape index (κ3) is 4.40. The van der Waals surface area contributed by atoms with Crippen molar-refractivity contribution in [1.29, 1.82) is 0 Å². The lowest BCUT2D eigenvalue weighted by Gasteiger charge is -2.17. The number of carbonyl (C=O) groups is 2. The van der Waals surface area contributed by atoms with Gasteiger partial charge in [0.2, 0.25) is 11.8 Å². The Morgan fingerprint density at radius 2 is 1.80 bits per heavy atom. The fraction of sp³-hybridized carbons (Fsp3) is 0.300. The second kappa shape index (κ2) is 7.28.